The van der Waals surface area contributed by atoms with E-state index < -0.39 is 0 Å². The summed E-state index contributed by atoms with van der Waals surface area (Å²) in [6.45, 7) is 7.60. The van der Waals surface area contributed by atoms with Crippen LogP contribution in [0, 0.1) is 0 Å². The van der Waals surface area contributed by atoms with Crippen molar-refractivity contribution in [3.8, 4) is 0 Å². The van der Waals surface area contributed by atoms with Gasteiger partial charge in [0.1, 0.15) is 0 Å². The maximum Gasteiger partial charge on any atom is 0.255 e. The summed E-state index contributed by atoms with van der Waals surface area (Å²) in [5.74, 6) is 1.20. The zero-order valence-electron chi connectivity index (χ0n) is 13.2. The van der Waals surface area contributed by atoms with Crippen LogP contribution in [0.3, 0.4) is 0 Å². The molecular formula is C17H25NO2S. The first-order valence-corrected chi connectivity index (χ1v) is 8.77. The maximum atomic E-state index is 12.8. The van der Waals surface area contributed by atoms with Gasteiger partial charge in [-0.3, -0.25) is 4.79 Å². The second kappa shape index (κ2) is 7.85. The summed E-state index contributed by atoms with van der Waals surface area (Å²) in [7, 11) is 0. The SMILES string of the molecule is CCCCSc1ccccc1C(=O)N1C[C@@H](C)O[C@H](C)C1. The lowest BCUT2D eigenvalue weighted by Crippen LogP contribution is -2.48. The Labute approximate surface area is 132 Å². The Hall–Kier alpha value is -1.00. The van der Waals surface area contributed by atoms with Gasteiger partial charge in [-0.15, -0.1) is 11.8 Å². The van der Waals surface area contributed by atoms with Gasteiger partial charge in [-0.2, -0.15) is 0 Å². The molecule has 0 aromatic heterocycles. The van der Waals surface area contributed by atoms with Gasteiger partial charge in [-0.1, -0.05) is 25.5 Å². The van der Waals surface area contributed by atoms with Crippen molar-refractivity contribution >= 4 is 17.7 Å². The molecule has 1 saturated heterocycles. The third kappa shape index (κ3) is 4.48. The summed E-state index contributed by atoms with van der Waals surface area (Å²) in [6, 6.07) is 7.96. The molecule has 116 valence electrons. The minimum absolute atomic E-state index is 0.109. The van der Waals surface area contributed by atoms with Gasteiger partial charge in [-0.25, -0.2) is 0 Å². The summed E-state index contributed by atoms with van der Waals surface area (Å²) < 4.78 is 5.71. The van der Waals surface area contributed by atoms with Crippen LogP contribution in [0.5, 0.6) is 0 Å². The average Bonchev–Trinajstić information content (AvgIpc) is 2.46. The molecule has 21 heavy (non-hydrogen) atoms. The van der Waals surface area contributed by atoms with Gasteiger partial charge in [0, 0.05) is 18.0 Å². The van der Waals surface area contributed by atoms with Crippen LogP contribution in [0.15, 0.2) is 29.2 Å². The fourth-order valence-corrected chi connectivity index (χ4v) is 3.75. The van der Waals surface area contributed by atoms with E-state index in [9.17, 15) is 4.79 Å². The molecular weight excluding hydrogens is 282 g/mol. The Morgan fingerprint density at radius 1 is 1.29 bits per heavy atom. The number of carbonyl (C=O) groups excluding carboxylic acids is 1. The highest BCUT2D eigenvalue weighted by molar-refractivity contribution is 7.99. The van der Waals surface area contributed by atoms with Crippen molar-refractivity contribution in [3.63, 3.8) is 0 Å². The number of thioether (sulfide) groups is 1. The lowest BCUT2D eigenvalue weighted by molar-refractivity contribution is -0.0586. The van der Waals surface area contributed by atoms with Gasteiger partial charge in [0.05, 0.1) is 17.8 Å². The molecule has 0 spiro atoms. The largest absolute Gasteiger partial charge is 0.372 e. The highest BCUT2D eigenvalue weighted by atomic mass is 32.2. The van der Waals surface area contributed by atoms with E-state index >= 15 is 0 Å². The molecule has 0 unspecified atom stereocenters. The van der Waals surface area contributed by atoms with E-state index in [1.165, 1.54) is 12.8 Å². The van der Waals surface area contributed by atoms with Crippen LogP contribution in [-0.2, 0) is 4.74 Å². The monoisotopic (exact) mass is 307 g/mol. The third-order valence-electron chi connectivity index (χ3n) is 3.58. The van der Waals surface area contributed by atoms with E-state index in [-0.39, 0.29) is 18.1 Å². The molecule has 1 amide bonds. The van der Waals surface area contributed by atoms with E-state index in [4.69, 9.17) is 4.74 Å². The fraction of sp³-hybridized carbons (Fsp3) is 0.588. The summed E-state index contributed by atoms with van der Waals surface area (Å²) >= 11 is 1.79. The smallest absolute Gasteiger partial charge is 0.255 e. The second-order valence-electron chi connectivity index (χ2n) is 5.67. The zero-order chi connectivity index (χ0) is 15.2. The van der Waals surface area contributed by atoms with Gasteiger partial charge < -0.3 is 9.64 Å². The van der Waals surface area contributed by atoms with Crippen molar-refractivity contribution in [1.29, 1.82) is 0 Å². The number of amides is 1. The summed E-state index contributed by atoms with van der Waals surface area (Å²) in [4.78, 5) is 15.8. The summed E-state index contributed by atoms with van der Waals surface area (Å²) in [5, 5.41) is 0. The van der Waals surface area contributed by atoms with Gasteiger partial charge in [0.25, 0.3) is 5.91 Å². The number of ether oxygens (including phenoxy) is 1. The minimum atomic E-state index is 0.109. The third-order valence-corrected chi connectivity index (χ3v) is 4.74. The van der Waals surface area contributed by atoms with Crippen LogP contribution in [0.1, 0.15) is 44.0 Å². The van der Waals surface area contributed by atoms with Crippen LogP contribution in [0.4, 0.5) is 0 Å². The lowest BCUT2D eigenvalue weighted by Gasteiger charge is -2.35. The molecule has 1 aromatic carbocycles. The second-order valence-corrected chi connectivity index (χ2v) is 6.80. The predicted molar refractivity (Wildman–Crippen MR) is 88.0 cm³/mol. The maximum absolute atomic E-state index is 12.8. The van der Waals surface area contributed by atoms with Crippen molar-refractivity contribution in [3.05, 3.63) is 29.8 Å². The molecule has 1 fully saturated rings. The van der Waals surface area contributed by atoms with Gasteiger partial charge >= 0.3 is 0 Å². The predicted octanol–water partition coefficient (Wildman–Crippen LogP) is 3.83. The fourth-order valence-electron chi connectivity index (χ4n) is 2.61. The molecule has 1 aliphatic heterocycles. The zero-order valence-corrected chi connectivity index (χ0v) is 14.0. The molecule has 0 N–H and O–H groups in total. The van der Waals surface area contributed by atoms with E-state index in [1.807, 2.05) is 36.9 Å². The normalized spacial score (nSPS) is 22.3. The molecule has 4 heteroatoms. The molecule has 1 aliphatic rings. The highest BCUT2D eigenvalue weighted by Gasteiger charge is 2.27. The van der Waals surface area contributed by atoms with Gasteiger partial charge in [-0.05, 0) is 38.2 Å². The molecule has 2 atom stereocenters. The first-order chi connectivity index (χ1) is 10.1. The van der Waals surface area contributed by atoms with Crippen LogP contribution >= 0.6 is 11.8 Å². The molecule has 1 aromatic rings. The van der Waals surface area contributed by atoms with Gasteiger partial charge in [0.2, 0.25) is 0 Å². The first kappa shape index (κ1) is 16.4. The number of morpholine rings is 1. The van der Waals surface area contributed by atoms with Crippen LogP contribution in [0.2, 0.25) is 0 Å². The Morgan fingerprint density at radius 3 is 2.62 bits per heavy atom. The standard InChI is InChI=1S/C17H25NO2S/c1-4-5-10-21-16-9-7-6-8-15(16)17(19)18-11-13(2)20-14(3)12-18/h6-9,13-14H,4-5,10-12H2,1-3H3/t13-,14-/m1/s1. The van der Waals surface area contributed by atoms with E-state index in [0.717, 1.165) is 16.2 Å². The Balaban J connectivity index is 2.11. The van der Waals surface area contributed by atoms with Crippen molar-refractivity contribution in [2.45, 2.75) is 50.7 Å². The quantitative estimate of drug-likeness (QED) is 0.611. The Kier molecular flexibility index (Phi) is 6.12. The van der Waals surface area contributed by atoms with Crippen molar-refractivity contribution < 1.29 is 9.53 Å². The topological polar surface area (TPSA) is 29.5 Å². The minimum Gasteiger partial charge on any atom is -0.372 e. The highest BCUT2D eigenvalue weighted by Crippen LogP contribution is 2.26. The summed E-state index contributed by atoms with van der Waals surface area (Å²) in [6.07, 6.45) is 2.58. The van der Waals surface area contributed by atoms with E-state index in [2.05, 4.69) is 13.0 Å². The number of rotatable bonds is 5. The number of hydrogen-bond donors (Lipinski definition) is 0. The molecule has 0 bridgehead atoms. The van der Waals surface area contributed by atoms with Crippen LogP contribution in [0.25, 0.3) is 0 Å². The molecule has 2 rings (SSSR count). The van der Waals surface area contributed by atoms with Crippen molar-refractivity contribution in [1.82, 2.24) is 4.90 Å². The lowest BCUT2D eigenvalue weighted by atomic mass is 10.1. The van der Waals surface area contributed by atoms with Crippen molar-refractivity contribution in [2.75, 3.05) is 18.8 Å². The van der Waals surface area contributed by atoms with Gasteiger partial charge in [0.15, 0.2) is 0 Å². The van der Waals surface area contributed by atoms with E-state index in [1.54, 1.807) is 11.8 Å². The molecule has 0 saturated carbocycles. The average molecular weight is 307 g/mol. The van der Waals surface area contributed by atoms with Crippen LogP contribution in [-0.4, -0.2) is 41.9 Å². The van der Waals surface area contributed by atoms with Crippen LogP contribution < -0.4 is 0 Å². The Bertz CT molecular complexity index is 468. The molecule has 0 radical (unpaired) electrons. The molecule has 1 heterocycles. The van der Waals surface area contributed by atoms with Crippen molar-refractivity contribution in [2.24, 2.45) is 0 Å². The number of benzene rings is 1. The van der Waals surface area contributed by atoms with E-state index in [0.29, 0.717) is 13.1 Å². The first-order valence-electron chi connectivity index (χ1n) is 7.78. The number of unbranched alkanes of at least 4 members (excludes halogenated alkanes) is 1. The Morgan fingerprint density at radius 2 is 1.95 bits per heavy atom. The number of nitrogens with zero attached hydrogens (tertiary/aromatic N) is 1. The number of carbonyl (C=O) groups is 1. The number of hydrogen-bond acceptors (Lipinski definition) is 3. The molecule has 0 aliphatic carbocycles. The molecule has 3 nitrogen and oxygen atoms in total. The summed E-state index contributed by atoms with van der Waals surface area (Å²) in [5.41, 5.74) is 0.833.